The predicted molar refractivity (Wildman–Crippen MR) is 123 cm³/mol. The maximum atomic E-state index is 13.2. The lowest BCUT2D eigenvalue weighted by Crippen LogP contribution is -2.43. The van der Waals surface area contributed by atoms with Crippen LogP contribution in [0.4, 0.5) is 5.69 Å². The molecule has 0 bridgehead atoms. The third-order valence-electron chi connectivity index (χ3n) is 6.62. The number of furan rings is 1. The Balaban J connectivity index is 1.34. The van der Waals surface area contributed by atoms with Crippen LogP contribution in [0.5, 0.6) is 0 Å². The van der Waals surface area contributed by atoms with Crippen LogP contribution >= 0.6 is 0 Å². The van der Waals surface area contributed by atoms with Crippen LogP contribution in [0.1, 0.15) is 47.9 Å². The second-order valence-electron chi connectivity index (χ2n) is 8.77. The Hall–Kier alpha value is -2.80. The zero-order valence-corrected chi connectivity index (χ0v) is 19.0. The van der Waals surface area contributed by atoms with Gasteiger partial charge in [-0.15, -0.1) is 0 Å². The van der Waals surface area contributed by atoms with Crippen LogP contribution in [-0.4, -0.2) is 56.1 Å². The Morgan fingerprint density at radius 3 is 2.75 bits per heavy atom. The van der Waals surface area contributed by atoms with Gasteiger partial charge in [0, 0.05) is 51.0 Å². The summed E-state index contributed by atoms with van der Waals surface area (Å²) in [6.07, 6.45) is 4.79. The van der Waals surface area contributed by atoms with Crippen molar-refractivity contribution in [1.29, 1.82) is 0 Å². The highest BCUT2D eigenvalue weighted by atomic mass is 16.5. The second kappa shape index (κ2) is 10.2. The molecule has 4 rings (SSSR count). The number of methoxy groups -OCH3 is 1. The minimum atomic E-state index is -0.0348. The topological polar surface area (TPSA) is 75.0 Å². The highest BCUT2D eigenvalue weighted by molar-refractivity contribution is 5.95. The van der Waals surface area contributed by atoms with Gasteiger partial charge < -0.3 is 24.3 Å². The van der Waals surface area contributed by atoms with E-state index in [0.717, 1.165) is 12.8 Å². The van der Waals surface area contributed by atoms with E-state index >= 15 is 0 Å². The molecular formula is C25H33N3O4. The van der Waals surface area contributed by atoms with Gasteiger partial charge in [0.05, 0.1) is 18.4 Å². The van der Waals surface area contributed by atoms with E-state index < -0.39 is 0 Å². The van der Waals surface area contributed by atoms with Gasteiger partial charge in [0.15, 0.2) is 0 Å². The summed E-state index contributed by atoms with van der Waals surface area (Å²) in [6.45, 7) is 5.22. The quantitative estimate of drug-likeness (QED) is 0.639. The molecule has 7 nitrogen and oxygen atoms in total. The van der Waals surface area contributed by atoms with Crippen LogP contribution in [-0.2, 0) is 22.5 Å². The zero-order chi connectivity index (χ0) is 22.5. The van der Waals surface area contributed by atoms with Gasteiger partial charge >= 0.3 is 0 Å². The fourth-order valence-corrected chi connectivity index (χ4v) is 4.77. The van der Waals surface area contributed by atoms with Crippen molar-refractivity contribution < 1.29 is 18.7 Å². The van der Waals surface area contributed by atoms with Gasteiger partial charge in [-0.3, -0.25) is 9.59 Å². The number of benzene rings is 1. The van der Waals surface area contributed by atoms with Crippen LogP contribution in [0.2, 0.25) is 0 Å². The Morgan fingerprint density at radius 2 is 1.97 bits per heavy atom. The van der Waals surface area contributed by atoms with E-state index in [9.17, 15) is 9.59 Å². The van der Waals surface area contributed by atoms with Crippen LogP contribution in [0, 0.1) is 5.92 Å². The van der Waals surface area contributed by atoms with Gasteiger partial charge in [-0.05, 0) is 50.3 Å². The molecule has 1 N–H and O–H groups in total. The van der Waals surface area contributed by atoms with Gasteiger partial charge in [-0.25, -0.2) is 0 Å². The van der Waals surface area contributed by atoms with E-state index in [1.165, 1.54) is 11.3 Å². The number of rotatable bonds is 8. The maximum absolute atomic E-state index is 13.2. The molecule has 2 amide bonds. The largest absolute Gasteiger partial charge is 0.467 e. The molecule has 1 aromatic carbocycles. The first-order chi connectivity index (χ1) is 15.6. The molecule has 1 atom stereocenters. The summed E-state index contributed by atoms with van der Waals surface area (Å²) < 4.78 is 10.8. The van der Waals surface area contributed by atoms with Crippen molar-refractivity contribution in [3.8, 4) is 0 Å². The first kappa shape index (κ1) is 22.4. The maximum Gasteiger partial charge on any atom is 0.257 e. The Bertz CT molecular complexity index is 933. The molecule has 172 valence electrons. The number of hydrogen-bond donors (Lipinski definition) is 1. The number of piperidine rings is 1. The molecule has 1 saturated heterocycles. The van der Waals surface area contributed by atoms with Crippen LogP contribution in [0.3, 0.4) is 0 Å². The van der Waals surface area contributed by atoms with E-state index in [4.69, 9.17) is 9.15 Å². The Labute approximate surface area is 189 Å². The molecule has 2 aliphatic heterocycles. The SMILES string of the molecule is COCCCNC(=O)C1CCN(C(=O)c2ccoc2CN2c3ccccc3CC2C)CC1. The fraction of sp³-hybridized carbons (Fsp3) is 0.520. The molecule has 1 fully saturated rings. The third-order valence-corrected chi connectivity index (χ3v) is 6.62. The number of likely N-dealkylation sites (tertiary alicyclic amines) is 1. The number of amides is 2. The lowest BCUT2D eigenvalue weighted by atomic mass is 9.95. The molecule has 7 heteroatoms. The number of carbonyl (C=O) groups excluding carboxylic acids is 2. The molecule has 32 heavy (non-hydrogen) atoms. The first-order valence-corrected chi connectivity index (χ1v) is 11.5. The molecule has 3 heterocycles. The standard InChI is InChI=1S/C25H33N3O4/c1-18-16-20-6-3-4-7-22(20)28(18)17-23-21(10-15-32-23)25(30)27-12-8-19(9-13-27)24(29)26-11-5-14-31-2/h3-4,6-7,10,15,18-19H,5,8-9,11-14,16-17H2,1-2H3,(H,26,29). The van der Waals surface area contributed by atoms with Gasteiger partial charge in [0.2, 0.25) is 5.91 Å². The number of ether oxygens (including phenoxy) is 1. The fourth-order valence-electron chi connectivity index (χ4n) is 4.77. The number of carbonyl (C=O) groups is 2. The van der Waals surface area contributed by atoms with Gasteiger partial charge in [0.1, 0.15) is 5.76 Å². The van der Waals surface area contributed by atoms with Crippen molar-refractivity contribution in [2.45, 2.75) is 45.2 Å². The monoisotopic (exact) mass is 439 g/mol. The molecule has 1 unspecified atom stereocenters. The number of para-hydroxylation sites is 1. The first-order valence-electron chi connectivity index (χ1n) is 11.5. The summed E-state index contributed by atoms with van der Waals surface area (Å²) in [4.78, 5) is 29.8. The average Bonchev–Trinajstić information content (AvgIpc) is 3.40. The third kappa shape index (κ3) is 4.83. The van der Waals surface area contributed by atoms with Crippen LogP contribution in [0.25, 0.3) is 0 Å². The number of nitrogens with zero attached hydrogens (tertiary/aromatic N) is 2. The minimum Gasteiger partial charge on any atom is -0.467 e. The highest BCUT2D eigenvalue weighted by Crippen LogP contribution is 2.34. The molecule has 0 spiro atoms. The summed E-state index contributed by atoms with van der Waals surface area (Å²) >= 11 is 0. The van der Waals surface area contributed by atoms with E-state index in [1.807, 2.05) is 4.90 Å². The number of hydrogen-bond acceptors (Lipinski definition) is 5. The van der Waals surface area contributed by atoms with Crippen molar-refractivity contribution in [2.75, 3.05) is 38.3 Å². The number of fused-ring (bicyclic) bond motifs is 1. The Morgan fingerprint density at radius 1 is 1.19 bits per heavy atom. The lowest BCUT2D eigenvalue weighted by Gasteiger charge is -2.31. The zero-order valence-electron chi connectivity index (χ0n) is 19.0. The van der Waals surface area contributed by atoms with E-state index in [2.05, 4.69) is 41.4 Å². The second-order valence-corrected chi connectivity index (χ2v) is 8.77. The molecule has 1 aromatic heterocycles. The summed E-state index contributed by atoms with van der Waals surface area (Å²) in [5, 5.41) is 2.98. The van der Waals surface area contributed by atoms with Crippen molar-refractivity contribution in [2.24, 2.45) is 5.92 Å². The molecular weight excluding hydrogens is 406 g/mol. The van der Waals surface area contributed by atoms with Crippen molar-refractivity contribution in [1.82, 2.24) is 10.2 Å². The lowest BCUT2D eigenvalue weighted by molar-refractivity contribution is -0.126. The summed E-state index contributed by atoms with van der Waals surface area (Å²) in [6, 6.07) is 10.6. The highest BCUT2D eigenvalue weighted by Gasteiger charge is 2.31. The molecule has 0 aliphatic carbocycles. The van der Waals surface area contributed by atoms with Gasteiger partial charge in [-0.1, -0.05) is 18.2 Å². The number of anilines is 1. The normalized spacial score (nSPS) is 18.6. The summed E-state index contributed by atoms with van der Waals surface area (Å²) in [7, 11) is 1.66. The predicted octanol–water partition coefficient (Wildman–Crippen LogP) is 3.24. The average molecular weight is 440 g/mol. The van der Waals surface area contributed by atoms with Gasteiger partial charge in [0.25, 0.3) is 5.91 Å². The van der Waals surface area contributed by atoms with E-state index in [0.29, 0.717) is 63.0 Å². The van der Waals surface area contributed by atoms with Crippen molar-refractivity contribution >= 4 is 17.5 Å². The molecule has 2 aliphatic rings. The number of nitrogens with one attached hydrogen (secondary N) is 1. The smallest absolute Gasteiger partial charge is 0.257 e. The van der Waals surface area contributed by atoms with E-state index in [-0.39, 0.29) is 17.7 Å². The molecule has 2 aromatic rings. The van der Waals surface area contributed by atoms with Crippen LogP contribution < -0.4 is 10.2 Å². The Kier molecular flexibility index (Phi) is 7.15. The summed E-state index contributed by atoms with van der Waals surface area (Å²) in [5.74, 6) is 0.746. The van der Waals surface area contributed by atoms with Gasteiger partial charge in [-0.2, -0.15) is 0 Å². The molecule has 0 saturated carbocycles. The van der Waals surface area contributed by atoms with Crippen molar-refractivity contribution in [3.63, 3.8) is 0 Å². The van der Waals surface area contributed by atoms with Crippen LogP contribution in [0.15, 0.2) is 41.0 Å². The summed E-state index contributed by atoms with van der Waals surface area (Å²) in [5.41, 5.74) is 3.18. The minimum absolute atomic E-state index is 0.00663. The van der Waals surface area contributed by atoms with Crippen molar-refractivity contribution in [3.05, 3.63) is 53.5 Å². The molecule has 0 radical (unpaired) electrons. The van der Waals surface area contributed by atoms with E-state index in [1.54, 1.807) is 19.4 Å².